The Hall–Kier alpha value is -2.40. The van der Waals surface area contributed by atoms with Crippen LogP contribution >= 0.6 is 11.6 Å². The van der Waals surface area contributed by atoms with E-state index in [0.717, 1.165) is 0 Å². The summed E-state index contributed by atoms with van der Waals surface area (Å²) in [6, 6.07) is 8.48. The Labute approximate surface area is 120 Å². The van der Waals surface area contributed by atoms with E-state index in [9.17, 15) is 9.59 Å². The van der Waals surface area contributed by atoms with Crippen LogP contribution in [0.1, 0.15) is 15.9 Å². The molecule has 20 heavy (non-hydrogen) atoms. The number of para-hydroxylation sites is 1. The van der Waals surface area contributed by atoms with E-state index in [1.54, 1.807) is 24.3 Å². The van der Waals surface area contributed by atoms with E-state index in [1.165, 1.54) is 18.5 Å². The highest BCUT2D eigenvalue weighted by atomic mass is 35.5. The van der Waals surface area contributed by atoms with Gasteiger partial charge in [0.1, 0.15) is 0 Å². The second-order valence-corrected chi connectivity index (χ2v) is 4.52. The maximum Gasteiger partial charge on any atom is 0.257 e. The fourth-order valence-electron chi connectivity index (χ4n) is 1.73. The Bertz CT molecular complexity index is 658. The number of rotatable bonds is 4. The third kappa shape index (κ3) is 3.33. The van der Waals surface area contributed by atoms with E-state index >= 15 is 0 Å². The Kier molecular flexibility index (Phi) is 4.32. The van der Waals surface area contributed by atoms with Crippen LogP contribution in [0.25, 0.3) is 0 Å². The lowest BCUT2D eigenvalue weighted by atomic mass is 10.1. The van der Waals surface area contributed by atoms with Crippen molar-refractivity contribution in [1.82, 2.24) is 4.98 Å². The highest BCUT2D eigenvalue weighted by Crippen LogP contribution is 2.19. The Balaban J connectivity index is 2.24. The molecule has 3 N–H and O–H groups in total. The number of amides is 2. The van der Waals surface area contributed by atoms with E-state index in [2.05, 4.69) is 10.3 Å². The highest BCUT2D eigenvalue weighted by Gasteiger charge is 2.12. The van der Waals surface area contributed by atoms with Crippen molar-refractivity contribution < 1.29 is 9.59 Å². The minimum absolute atomic E-state index is 0.0561. The summed E-state index contributed by atoms with van der Waals surface area (Å²) in [5, 5.41) is 2.98. The molecule has 0 atom stereocenters. The summed E-state index contributed by atoms with van der Waals surface area (Å²) in [6.45, 7) is 0. The zero-order valence-corrected chi connectivity index (χ0v) is 11.2. The second kappa shape index (κ2) is 6.16. The smallest absolute Gasteiger partial charge is 0.257 e. The highest BCUT2D eigenvalue weighted by molar-refractivity contribution is 6.34. The van der Waals surface area contributed by atoms with E-state index < -0.39 is 5.91 Å². The topological polar surface area (TPSA) is 85.1 Å². The Morgan fingerprint density at radius 1 is 1.25 bits per heavy atom. The van der Waals surface area contributed by atoms with E-state index in [0.29, 0.717) is 16.8 Å². The fourth-order valence-corrected chi connectivity index (χ4v) is 1.94. The summed E-state index contributed by atoms with van der Waals surface area (Å²) in [7, 11) is 0. The molecule has 2 amide bonds. The number of benzene rings is 1. The third-order valence-corrected chi connectivity index (χ3v) is 2.95. The first-order valence-electron chi connectivity index (χ1n) is 5.85. The lowest BCUT2D eigenvalue weighted by molar-refractivity contribution is -0.117. The summed E-state index contributed by atoms with van der Waals surface area (Å²) < 4.78 is 0. The Morgan fingerprint density at radius 3 is 2.70 bits per heavy atom. The molecule has 2 rings (SSSR count). The normalized spacial score (nSPS) is 10.1. The van der Waals surface area contributed by atoms with Gasteiger partial charge in [-0.1, -0.05) is 29.8 Å². The van der Waals surface area contributed by atoms with Gasteiger partial charge < -0.3 is 11.1 Å². The molecule has 2 aromatic rings. The molecule has 0 spiro atoms. The summed E-state index contributed by atoms with van der Waals surface area (Å²) in [6.07, 6.45) is 2.93. The number of nitrogens with one attached hydrogen (secondary N) is 1. The van der Waals surface area contributed by atoms with Crippen LogP contribution in [0, 0.1) is 0 Å². The van der Waals surface area contributed by atoms with Crippen molar-refractivity contribution in [3.63, 3.8) is 0 Å². The van der Waals surface area contributed by atoms with Crippen molar-refractivity contribution in [1.29, 1.82) is 0 Å². The summed E-state index contributed by atoms with van der Waals surface area (Å²) in [5.41, 5.74) is 6.68. The van der Waals surface area contributed by atoms with Gasteiger partial charge in [0, 0.05) is 18.1 Å². The van der Waals surface area contributed by atoms with Crippen molar-refractivity contribution >= 4 is 29.1 Å². The first-order valence-corrected chi connectivity index (χ1v) is 6.23. The van der Waals surface area contributed by atoms with Gasteiger partial charge in [-0.05, 0) is 17.7 Å². The van der Waals surface area contributed by atoms with Gasteiger partial charge in [0.05, 0.1) is 17.0 Å². The van der Waals surface area contributed by atoms with E-state index in [-0.39, 0.29) is 17.4 Å². The van der Waals surface area contributed by atoms with Crippen LogP contribution in [-0.4, -0.2) is 16.8 Å². The van der Waals surface area contributed by atoms with E-state index in [1.807, 2.05) is 0 Å². The van der Waals surface area contributed by atoms with Gasteiger partial charge in [0.15, 0.2) is 0 Å². The van der Waals surface area contributed by atoms with Gasteiger partial charge in [-0.2, -0.15) is 0 Å². The van der Waals surface area contributed by atoms with Crippen LogP contribution in [0.3, 0.4) is 0 Å². The molecule has 0 saturated carbocycles. The van der Waals surface area contributed by atoms with Crippen LogP contribution in [0.15, 0.2) is 42.7 Å². The first kappa shape index (κ1) is 14.0. The monoisotopic (exact) mass is 289 g/mol. The molecular weight excluding hydrogens is 278 g/mol. The zero-order valence-electron chi connectivity index (χ0n) is 10.5. The molecule has 0 aliphatic heterocycles. The molecule has 0 fully saturated rings. The van der Waals surface area contributed by atoms with Gasteiger partial charge in [-0.15, -0.1) is 0 Å². The van der Waals surface area contributed by atoms with Crippen molar-refractivity contribution in [2.75, 3.05) is 5.32 Å². The van der Waals surface area contributed by atoms with Crippen LogP contribution < -0.4 is 11.1 Å². The summed E-state index contributed by atoms with van der Waals surface area (Å²) >= 11 is 5.91. The number of nitrogens with zero attached hydrogens (tertiary/aromatic N) is 1. The molecule has 1 aromatic carbocycles. The number of halogens is 1. The maximum atomic E-state index is 12.1. The number of hydrogen-bond donors (Lipinski definition) is 2. The molecule has 0 unspecified atom stereocenters. The Morgan fingerprint density at radius 2 is 2.00 bits per heavy atom. The molecule has 0 bridgehead atoms. The van der Waals surface area contributed by atoms with Gasteiger partial charge in [-0.25, -0.2) is 0 Å². The lowest BCUT2D eigenvalue weighted by Gasteiger charge is -2.10. The summed E-state index contributed by atoms with van der Waals surface area (Å²) in [5.74, 6) is -0.831. The van der Waals surface area contributed by atoms with Crippen molar-refractivity contribution in [3.05, 3.63) is 58.9 Å². The van der Waals surface area contributed by atoms with Crippen molar-refractivity contribution in [3.8, 4) is 0 Å². The van der Waals surface area contributed by atoms with Crippen LogP contribution in [0.4, 0.5) is 5.69 Å². The molecule has 6 heteroatoms. The van der Waals surface area contributed by atoms with Crippen molar-refractivity contribution in [2.24, 2.45) is 5.73 Å². The lowest BCUT2D eigenvalue weighted by Crippen LogP contribution is -2.17. The first-order chi connectivity index (χ1) is 9.58. The molecule has 5 nitrogen and oxygen atoms in total. The second-order valence-electron chi connectivity index (χ2n) is 4.11. The predicted molar refractivity (Wildman–Crippen MR) is 76.5 cm³/mol. The molecule has 0 aliphatic rings. The minimum Gasteiger partial charge on any atom is -0.369 e. The van der Waals surface area contributed by atoms with Crippen molar-refractivity contribution in [2.45, 2.75) is 6.42 Å². The van der Waals surface area contributed by atoms with Crippen LogP contribution in [-0.2, 0) is 11.2 Å². The predicted octanol–water partition coefficient (Wildman–Crippen LogP) is 2.02. The third-order valence-electron chi connectivity index (χ3n) is 2.65. The molecule has 0 radical (unpaired) electrons. The molecule has 102 valence electrons. The number of primary amides is 1. The number of pyridine rings is 1. The largest absolute Gasteiger partial charge is 0.369 e. The van der Waals surface area contributed by atoms with Gasteiger partial charge in [-0.3, -0.25) is 14.6 Å². The minimum atomic E-state index is -0.464. The average Bonchev–Trinajstić information content (AvgIpc) is 2.41. The number of carbonyl (C=O) groups excluding carboxylic acids is 2. The van der Waals surface area contributed by atoms with E-state index in [4.69, 9.17) is 17.3 Å². The quantitative estimate of drug-likeness (QED) is 0.903. The average molecular weight is 290 g/mol. The van der Waals surface area contributed by atoms with Crippen LogP contribution in [0.5, 0.6) is 0 Å². The number of nitrogens with two attached hydrogens (primary N) is 1. The maximum absolute atomic E-state index is 12.1. The van der Waals surface area contributed by atoms with Gasteiger partial charge in [0.25, 0.3) is 5.91 Å². The number of aromatic nitrogens is 1. The number of carbonyl (C=O) groups is 2. The standard InChI is InChI=1S/C14H12ClN3O2/c15-11-8-17-6-5-10(11)14(20)18-12-4-2-1-3-9(12)7-13(16)19/h1-6,8H,7H2,(H2,16,19)(H,18,20). The van der Waals surface area contributed by atoms with Gasteiger partial charge in [0.2, 0.25) is 5.91 Å². The SMILES string of the molecule is NC(=O)Cc1ccccc1NC(=O)c1ccncc1Cl. The van der Waals surface area contributed by atoms with Crippen LogP contribution in [0.2, 0.25) is 5.02 Å². The zero-order chi connectivity index (χ0) is 14.5. The molecule has 0 saturated heterocycles. The fraction of sp³-hybridized carbons (Fsp3) is 0.0714. The number of anilines is 1. The summed E-state index contributed by atoms with van der Waals surface area (Å²) in [4.78, 5) is 27.0. The molecule has 0 aliphatic carbocycles. The van der Waals surface area contributed by atoms with Gasteiger partial charge >= 0.3 is 0 Å². The molecule has 1 heterocycles. The number of hydrogen-bond acceptors (Lipinski definition) is 3. The molecule has 1 aromatic heterocycles. The molecular formula is C14H12ClN3O2.